The Labute approximate surface area is 209 Å². The van der Waals surface area contributed by atoms with E-state index in [1.807, 2.05) is 68.4 Å². The number of anilines is 2. The Hall–Kier alpha value is -4.71. The molecule has 0 aliphatic heterocycles. The molecule has 4 aromatic rings. The van der Waals surface area contributed by atoms with E-state index in [0.717, 1.165) is 22.3 Å². The van der Waals surface area contributed by atoms with Crippen molar-refractivity contribution in [1.29, 1.82) is 0 Å². The fourth-order valence-electron chi connectivity index (χ4n) is 3.98. The topological polar surface area (TPSA) is 86.7 Å². The van der Waals surface area contributed by atoms with Gasteiger partial charge in [-0.05, 0) is 66.9 Å². The van der Waals surface area contributed by atoms with Crippen LogP contribution in [0.15, 0.2) is 97.1 Å². The molecule has 0 radical (unpaired) electrons. The number of carboxylic acid groups (broad SMARTS) is 1. The van der Waals surface area contributed by atoms with Crippen LogP contribution in [0.4, 0.5) is 11.4 Å². The van der Waals surface area contributed by atoms with Gasteiger partial charge in [-0.25, -0.2) is 0 Å². The number of nitrogens with zero attached hydrogens (tertiary/aromatic N) is 1. The van der Waals surface area contributed by atoms with Crippen LogP contribution < -0.4 is 10.2 Å². The third kappa shape index (κ3) is 5.50. The van der Waals surface area contributed by atoms with Crippen LogP contribution in [0.3, 0.4) is 0 Å². The molecule has 2 amide bonds. The Morgan fingerprint density at radius 3 is 2.08 bits per heavy atom. The number of amides is 2. The molecular formula is C30H26N2O4. The number of nitrogens with one attached hydrogen (secondary N) is 1. The highest BCUT2D eigenvalue weighted by atomic mass is 16.4. The van der Waals surface area contributed by atoms with Gasteiger partial charge in [-0.15, -0.1) is 0 Å². The van der Waals surface area contributed by atoms with E-state index in [0.29, 0.717) is 22.5 Å². The molecule has 4 aromatic carbocycles. The summed E-state index contributed by atoms with van der Waals surface area (Å²) in [6, 6.07) is 28.9. The monoisotopic (exact) mass is 478 g/mol. The van der Waals surface area contributed by atoms with Gasteiger partial charge in [-0.1, -0.05) is 66.2 Å². The van der Waals surface area contributed by atoms with Crippen LogP contribution in [-0.4, -0.2) is 29.4 Å². The molecule has 0 spiro atoms. The predicted octanol–water partition coefficient (Wildman–Crippen LogP) is 5.95. The Bertz CT molecular complexity index is 1410. The molecule has 0 atom stereocenters. The number of benzene rings is 4. The van der Waals surface area contributed by atoms with Gasteiger partial charge in [0.15, 0.2) is 0 Å². The van der Waals surface area contributed by atoms with Crippen LogP contribution in [0.5, 0.6) is 0 Å². The van der Waals surface area contributed by atoms with Crippen molar-refractivity contribution in [1.82, 2.24) is 0 Å². The largest absolute Gasteiger partial charge is 0.480 e. The summed E-state index contributed by atoms with van der Waals surface area (Å²) < 4.78 is 0. The van der Waals surface area contributed by atoms with E-state index in [-0.39, 0.29) is 5.91 Å². The van der Waals surface area contributed by atoms with E-state index >= 15 is 0 Å². The maximum Gasteiger partial charge on any atom is 0.323 e. The fourth-order valence-corrected chi connectivity index (χ4v) is 3.98. The zero-order chi connectivity index (χ0) is 25.7. The first kappa shape index (κ1) is 24.4. The van der Waals surface area contributed by atoms with E-state index in [4.69, 9.17) is 0 Å². The third-order valence-electron chi connectivity index (χ3n) is 5.87. The summed E-state index contributed by atoms with van der Waals surface area (Å²) in [4.78, 5) is 39.0. The first-order valence-corrected chi connectivity index (χ1v) is 11.5. The molecule has 6 heteroatoms. The van der Waals surface area contributed by atoms with E-state index in [2.05, 4.69) is 5.32 Å². The molecular weight excluding hydrogens is 452 g/mol. The zero-order valence-corrected chi connectivity index (χ0v) is 20.1. The molecule has 180 valence electrons. The quantitative estimate of drug-likeness (QED) is 0.343. The minimum Gasteiger partial charge on any atom is -0.480 e. The first-order chi connectivity index (χ1) is 17.3. The lowest BCUT2D eigenvalue weighted by Gasteiger charge is -2.23. The third-order valence-corrected chi connectivity index (χ3v) is 5.87. The number of aryl methyl sites for hydroxylation is 2. The summed E-state index contributed by atoms with van der Waals surface area (Å²) in [6.07, 6.45) is 0. The number of carboxylic acids is 1. The number of rotatable bonds is 7. The number of hydrogen-bond acceptors (Lipinski definition) is 3. The van der Waals surface area contributed by atoms with E-state index in [1.54, 1.807) is 42.5 Å². The molecule has 0 fully saturated rings. The highest BCUT2D eigenvalue weighted by Gasteiger charge is 2.22. The predicted molar refractivity (Wildman–Crippen MR) is 142 cm³/mol. The first-order valence-electron chi connectivity index (χ1n) is 11.5. The SMILES string of the molecule is Cc1ccc(-c2ccccc2C(=O)Nc2ccc(C(=O)N(CC(=O)O)c3ccccc3C)cc2)cc1. The van der Waals surface area contributed by atoms with Crippen LogP contribution in [0, 0.1) is 13.8 Å². The molecule has 4 rings (SSSR count). The smallest absolute Gasteiger partial charge is 0.323 e. The molecule has 0 heterocycles. The second kappa shape index (κ2) is 10.7. The molecule has 0 aromatic heterocycles. The van der Waals surface area contributed by atoms with E-state index in [1.165, 1.54) is 4.90 Å². The second-order valence-electron chi connectivity index (χ2n) is 8.51. The zero-order valence-electron chi connectivity index (χ0n) is 20.1. The van der Waals surface area contributed by atoms with Gasteiger partial charge in [0, 0.05) is 22.5 Å². The van der Waals surface area contributed by atoms with E-state index < -0.39 is 18.4 Å². The number of para-hydroxylation sites is 1. The Morgan fingerprint density at radius 1 is 0.778 bits per heavy atom. The summed E-state index contributed by atoms with van der Waals surface area (Å²) in [5.41, 5.74) is 5.62. The van der Waals surface area contributed by atoms with Gasteiger partial charge in [0.1, 0.15) is 6.54 Å². The van der Waals surface area contributed by atoms with Gasteiger partial charge in [-0.3, -0.25) is 19.3 Å². The second-order valence-corrected chi connectivity index (χ2v) is 8.51. The molecule has 0 saturated carbocycles. The Kier molecular flexibility index (Phi) is 7.25. The highest BCUT2D eigenvalue weighted by molar-refractivity contribution is 6.10. The normalized spacial score (nSPS) is 10.5. The fraction of sp³-hybridized carbons (Fsp3) is 0.100. The summed E-state index contributed by atoms with van der Waals surface area (Å²) in [5, 5.41) is 12.3. The average Bonchev–Trinajstić information content (AvgIpc) is 2.88. The molecule has 0 aliphatic rings. The van der Waals surface area contributed by atoms with Crippen molar-refractivity contribution in [2.75, 3.05) is 16.8 Å². The number of carbonyl (C=O) groups excluding carboxylic acids is 2. The van der Waals surface area contributed by atoms with Gasteiger partial charge in [0.25, 0.3) is 11.8 Å². The minimum absolute atomic E-state index is 0.266. The highest BCUT2D eigenvalue weighted by Crippen LogP contribution is 2.26. The lowest BCUT2D eigenvalue weighted by molar-refractivity contribution is -0.135. The van der Waals surface area contributed by atoms with Crippen molar-refractivity contribution in [2.45, 2.75) is 13.8 Å². The molecule has 0 bridgehead atoms. The minimum atomic E-state index is -1.11. The lowest BCUT2D eigenvalue weighted by atomic mass is 9.98. The van der Waals surface area contributed by atoms with Crippen LogP contribution in [0.25, 0.3) is 11.1 Å². The molecule has 36 heavy (non-hydrogen) atoms. The van der Waals surface area contributed by atoms with E-state index in [9.17, 15) is 19.5 Å². The van der Waals surface area contributed by atoms with Crippen molar-refractivity contribution >= 4 is 29.2 Å². The number of hydrogen-bond donors (Lipinski definition) is 2. The molecule has 0 aliphatic carbocycles. The van der Waals surface area contributed by atoms with Crippen molar-refractivity contribution < 1.29 is 19.5 Å². The Morgan fingerprint density at radius 2 is 1.42 bits per heavy atom. The van der Waals surface area contributed by atoms with Crippen molar-refractivity contribution in [3.63, 3.8) is 0 Å². The maximum atomic E-state index is 13.2. The molecule has 0 saturated heterocycles. The summed E-state index contributed by atoms with van der Waals surface area (Å²) in [6.45, 7) is 3.38. The average molecular weight is 479 g/mol. The van der Waals surface area contributed by atoms with Crippen LogP contribution >= 0.6 is 0 Å². The van der Waals surface area contributed by atoms with Gasteiger partial charge in [0.05, 0.1) is 0 Å². The van der Waals surface area contributed by atoms with Crippen LogP contribution in [0.2, 0.25) is 0 Å². The summed E-state index contributed by atoms with van der Waals surface area (Å²) >= 11 is 0. The van der Waals surface area contributed by atoms with Crippen molar-refractivity contribution in [3.05, 3.63) is 119 Å². The van der Waals surface area contributed by atoms with Gasteiger partial charge < -0.3 is 10.4 Å². The van der Waals surface area contributed by atoms with Crippen molar-refractivity contribution in [3.8, 4) is 11.1 Å². The standard InChI is InChI=1S/C30H26N2O4/c1-20-11-13-22(14-12-20)25-8-4-5-9-26(25)29(35)31-24-17-15-23(16-18-24)30(36)32(19-28(33)34)27-10-6-3-7-21(27)2/h3-18H,19H2,1-2H3,(H,31,35)(H,33,34). The molecule has 0 unspecified atom stereocenters. The van der Waals surface area contributed by atoms with Gasteiger partial charge >= 0.3 is 5.97 Å². The van der Waals surface area contributed by atoms with Gasteiger partial charge in [0.2, 0.25) is 0 Å². The summed E-state index contributed by atoms with van der Waals surface area (Å²) in [5.74, 6) is -1.81. The lowest BCUT2D eigenvalue weighted by Crippen LogP contribution is -2.36. The molecule has 6 nitrogen and oxygen atoms in total. The van der Waals surface area contributed by atoms with Gasteiger partial charge in [-0.2, -0.15) is 0 Å². The number of aliphatic carboxylic acids is 1. The maximum absolute atomic E-state index is 13.2. The molecule has 2 N–H and O–H groups in total. The van der Waals surface area contributed by atoms with Crippen LogP contribution in [-0.2, 0) is 4.79 Å². The summed E-state index contributed by atoms with van der Waals surface area (Å²) in [7, 11) is 0. The number of carbonyl (C=O) groups is 3. The van der Waals surface area contributed by atoms with Crippen LogP contribution in [0.1, 0.15) is 31.8 Å². The van der Waals surface area contributed by atoms with Crippen molar-refractivity contribution in [2.24, 2.45) is 0 Å². The Balaban J connectivity index is 1.54.